The molecule has 4 saturated carbocycles. The van der Waals surface area contributed by atoms with Crippen LogP contribution in [0.5, 0.6) is 0 Å². The maximum absolute atomic E-state index is 4.87. The van der Waals surface area contributed by atoms with E-state index in [1.54, 1.807) is 0 Å². The fourth-order valence-corrected chi connectivity index (χ4v) is 23.3. The molecule has 0 aliphatic heterocycles. The van der Waals surface area contributed by atoms with Gasteiger partial charge in [-0.3, -0.25) is 19.9 Å². The van der Waals surface area contributed by atoms with Crippen molar-refractivity contribution in [3.8, 4) is 113 Å². The van der Waals surface area contributed by atoms with Gasteiger partial charge in [0.15, 0.2) is 0 Å². The molecule has 4 radical (unpaired) electrons. The molecule has 146 heavy (non-hydrogen) atoms. The predicted molar refractivity (Wildman–Crippen MR) is 598 cm³/mol. The van der Waals surface area contributed by atoms with Gasteiger partial charge in [0.25, 0.3) is 0 Å². The van der Waals surface area contributed by atoms with Gasteiger partial charge in [0, 0.05) is 153 Å². The second-order valence-corrected chi connectivity index (χ2v) is 43.9. The van der Waals surface area contributed by atoms with Gasteiger partial charge < -0.3 is 18.3 Å². The zero-order valence-corrected chi connectivity index (χ0v) is 98.8. The summed E-state index contributed by atoms with van der Waals surface area (Å²) in [7, 11) is 0. The second kappa shape index (κ2) is 54.0. The molecule has 4 aliphatic carbocycles. The van der Waals surface area contributed by atoms with Crippen LogP contribution in [0.4, 0.5) is 0 Å². The Morgan fingerprint density at radius 2 is 0.466 bits per heavy atom. The maximum Gasteiger partial charge on any atom is 0.0602 e. The Bertz CT molecular complexity index is 6610. The first kappa shape index (κ1) is 113. The molecule has 4 fully saturated rings. The summed E-state index contributed by atoms with van der Waals surface area (Å²) < 4.78 is 9.38. The molecule has 4 heterocycles. The van der Waals surface area contributed by atoms with Crippen LogP contribution in [0, 0.1) is 75.6 Å². The first-order chi connectivity index (χ1) is 69.0. The molecule has 0 unspecified atom stereocenters. The average Bonchev–Trinajstić information content (AvgIpc) is 1.26. The first-order valence-electron chi connectivity index (χ1n) is 54.1. The minimum atomic E-state index is 0. The molecule has 16 aromatic rings. The summed E-state index contributed by atoms with van der Waals surface area (Å²) in [4.78, 5) is 19.2. The number of benzene rings is 12. The van der Waals surface area contributed by atoms with E-state index >= 15 is 0 Å². The third-order valence-electron chi connectivity index (χ3n) is 29.8. The van der Waals surface area contributed by atoms with E-state index in [-0.39, 0.29) is 80.4 Å². The van der Waals surface area contributed by atoms with Gasteiger partial charge in [0.1, 0.15) is 0 Å². The molecule has 0 N–H and O–H groups in total. The zero-order valence-electron chi connectivity index (χ0n) is 89.2. The van der Waals surface area contributed by atoms with Crippen LogP contribution in [0.3, 0.4) is 0 Å². The molecular formula is C134H152Ir4N8-4. The molecule has 0 spiro atoms. The van der Waals surface area contributed by atoms with Crippen LogP contribution in [0.2, 0.25) is 0 Å². The van der Waals surface area contributed by atoms with Gasteiger partial charge in [-0.05, 0) is 313 Å². The normalized spacial score (nSPS) is 14.2. The van der Waals surface area contributed by atoms with Crippen LogP contribution in [-0.2, 0) is 106 Å². The average molecular weight is 2640 g/mol. The Balaban J connectivity index is 0.000000162. The van der Waals surface area contributed by atoms with Crippen molar-refractivity contribution in [1.29, 1.82) is 0 Å². The van der Waals surface area contributed by atoms with E-state index in [1.165, 1.54) is 274 Å². The molecule has 0 saturated heterocycles. The van der Waals surface area contributed by atoms with Crippen molar-refractivity contribution in [2.24, 2.45) is 23.7 Å². The molecule has 12 aromatic carbocycles. The van der Waals surface area contributed by atoms with Crippen LogP contribution in [0.1, 0.15) is 325 Å². The van der Waals surface area contributed by atoms with Gasteiger partial charge >= 0.3 is 0 Å². The van der Waals surface area contributed by atoms with Gasteiger partial charge in [0.05, 0.1) is 23.3 Å². The van der Waals surface area contributed by atoms with Crippen LogP contribution >= 0.6 is 0 Å². The van der Waals surface area contributed by atoms with E-state index < -0.39 is 0 Å². The van der Waals surface area contributed by atoms with E-state index in [0.29, 0.717) is 59.2 Å². The molecule has 4 aromatic heterocycles. The fourth-order valence-electron chi connectivity index (χ4n) is 23.3. The van der Waals surface area contributed by atoms with Crippen molar-refractivity contribution >= 4 is 0 Å². The molecule has 8 nitrogen and oxygen atoms in total. The van der Waals surface area contributed by atoms with Crippen molar-refractivity contribution in [2.45, 2.75) is 300 Å². The third-order valence-corrected chi connectivity index (χ3v) is 29.8. The number of hydrogen-bond acceptors (Lipinski definition) is 4. The summed E-state index contributed by atoms with van der Waals surface area (Å²) in [6.45, 7) is 36.3. The molecule has 768 valence electrons. The summed E-state index contributed by atoms with van der Waals surface area (Å²) in [5.41, 5.74) is 40.0. The van der Waals surface area contributed by atoms with E-state index in [0.717, 1.165) is 71.2 Å². The van der Waals surface area contributed by atoms with Gasteiger partial charge in [-0.2, -0.15) is 0 Å². The summed E-state index contributed by atoms with van der Waals surface area (Å²) >= 11 is 0. The van der Waals surface area contributed by atoms with E-state index in [1.807, 2.05) is 73.3 Å². The quantitative estimate of drug-likeness (QED) is 0.0507. The van der Waals surface area contributed by atoms with E-state index in [2.05, 4.69) is 360 Å². The monoisotopic (exact) mass is 2650 g/mol. The summed E-state index contributed by atoms with van der Waals surface area (Å²) in [6, 6.07) is 98.6. The number of hydrogen-bond donors (Lipinski definition) is 0. The van der Waals surface area contributed by atoms with E-state index in [4.69, 9.17) is 19.9 Å². The van der Waals surface area contributed by atoms with Gasteiger partial charge in [0.2, 0.25) is 0 Å². The first-order valence-corrected chi connectivity index (χ1v) is 54.1. The van der Waals surface area contributed by atoms with Gasteiger partial charge in [-0.25, -0.2) is 0 Å². The molecule has 20 rings (SSSR count). The van der Waals surface area contributed by atoms with Crippen LogP contribution in [0.15, 0.2) is 280 Å². The Morgan fingerprint density at radius 1 is 0.247 bits per heavy atom. The topological polar surface area (TPSA) is 71.3 Å². The van der Waals surface area contributed by atoms with Crippen molar-refractivity contribution in [3.63, 3.8) is 0 Å². The van der Waals surface area contributed by atoms with Crippen LogP contribution < -0.4 is 0 Å². The molecule has 4 aliphatic rings. The maximum atomic E-state index is 4.87. The minimum Gasteiger partial charge on any atom is -0.340 e. The summed E-state index contributed by atoms with van der Waals surface area (Å²) in [6.07, 6.45) is 46.9. The molecule has 0 bridgehead atoms. The molecule has 0 amide bonds. The Hall–Kier alpha value is -9.92. The van der Waals surface area contributed by atoms with Crippen molar-refractivity contribution in [1.82, 2.24) is 38.2 Å². The number of nitrogens with zero attached hydrogens (tertiary/aromatic N) is 8. The van der Waals surface area contributed by atoms with E-state index in [9.17, 15) is 0 Å². The molecular weight excluding hydrogens is 2490 g/mol. The summed E-state index contributed by atoms with van der Waals surface area (Å²) in [5.74, 6) is 9.64. The van der Waals surface area contributed by atoms with Crippen LogP contribution in [0.25, 0.3) is 113 Å². The van der Waals surface area contributed by atoms with Crippen LogP contribution in [-0.4, -0.2) is 38.2 Å². The SMILES string of the molecule is CC(C)Cc1cc(-c2ccc(C(C)C)cc2)cc(CC(C)C)c1-n1ccnc1-c1[c-]cccc1.CC(C)c1ccc(-c2cc(C3CCCCC3)c(-n3ccnc3-c3[c-]cccc3)c(C3CCCCC3)c2)cc1.Cc1cc(C)cc(-c2cc(C3CCCCC3)c(-n3ccnc3-c3[c-]cccc3)c(C3CCCCC3)c2)c1.Cc1cc(C)cc(-c2cc(CC(C)C)c(-n3ccnc3-c3[c-]cccc3)c(CC(C)C)c2)c1.[Ir].[Ir].[Ir].[Ir]. The molecule has 0 atom stereocenters. The minimum absolute atomic E-state index is 0. The smallest absolute Gasteiger partial charge is 0.0602 e. The number of rotatable bonds is 26. The number of aromatic nitrogens is 8. The number of imidazole rings is 4. The molecule has 12 heteroatoms. The fraction of sp³-hybridized carbons (Fsp3) is 0.373. The number of aryl methyl sites for hydroxylation is 4. The predicted octanol–water partition coefficient (Wildman–Crippen LogP) is 36.5. The standard InChI is InChI=1S/C36H41N2.C35H39N2.C32H37N2.C31H35N2.4Ir/c1-26(2)27-18-20-28(21-19-27)32-24-33(29-12-6-3-7-13-29)35(34(25-32)30-14-8-4-9-15-30)38-23-22-37-36(38)31-16-10-5-11-17-31;1-25-20-26(2)22-30(21-25)31-23-32(27-12-6-3-7-13-27)34(33(24-31)28-14-8-4-9-15-28)37-19-18-36-35(37)29-16-10-5-11-17-29;1-22(2)18-29-20-28(26-14-12-25(13-15-26)24(5)6)21-30(19-23(3)4)31(29)34-17-16-33-32(34)27-10-8-7-9-11-27;1-21(2)14-28-19-27(26-17-23(5)16-24(6)18-26)20-29(15-22(3)4)30(28)33-13-12-32-31(33)25-10-8-7-9-11-25;;;;/h5,10-11,16,18-26,29-30H,3-4,6-9,12-15H2,1-2H3;5,10-11,16,18-24,27-28H,3-4,6-9,12-15H2,1-2H3;7-10,12-17,20-24H,18-19H2,1-6H3;7-10,12-13,16-22H,14-15H2,1-6H3;;;;/q4*-1;;;;. The third kappa shape index (κ3) is 28.2. The van der Waals surface area contributed by atoms with Crippen molar-refractivity contribution < 1.29 is 80.4 Å². The summed E-state index contributed by atoms with van der Waals surface area (Å²) in [5, 5.41) is 0. The van der Waals surface area contributed by atoms with Crippen molar-refractivity contribution in [3.05, 3.63) is 382 Å². The Kier molecular flexibility index (Phi) is 41.9. The van der Waals surface area contributed by atoms with Gasteiger partial charge in [-0.15, -0.1) is 144 Å². The van der Waals surface area contributed by atoms with Crippen molar-refractivity contribution in [2.75, 3.05) is 0 Å². The Labute approximate surface area is 929 Å². The largest absolute Gasteiger partial charge is 0.340 e. The van der Waals surface area contributed by atoms with Gasteiger partial charge in [-0.1, -0.05) is 267 Å². The zero-order chi connectivity index (χ0) is 98.9. The second-order valence-electron chi connectivity index (χ2n) is 43.9. The Morgan fingerprint density at radius 3 is 0.692 bits per heavy atom.